The molecule has 0 rings (SSSR count). The second-order valence-corrected chi connectivity index (χ2v) is 3.10. The number of methoxy groups -OCH3 is 1. The van der Waals surface area contributed by atoms with Crippen molar-refractivity contribution >= 4 is 12.0 Å². The van der Waals surface area contributed by atoms with Crippen molar-refractivity contribution in [1.29, 1.82) is 0 Å². The summed E-state index contributed by atoms with van der Waals surface area (Å²) in [5.74, 6) is -1.38. The predicted molar refractivity (Wildman–Crippen MR) is 57.7 cm³/mol. The number of aliphatic carboxylic acids is 1. The first-order chi connectivity index (χ1) is 8.07. The largest absolute Gasteiger partial charge is 0.479 e. The molecule has 8 nitrogen and oxygen atoms in total. The van der Waals surface area contributed by atoms with Gasteiger partial charge in [-0.1, -0.05) is 0 Å². The number of aliphatic hydroxyl groups excluding tert-OH is 1. The predicted octanol–water partition coefficient (Wildman–Crippen LogP) is -1.61. The molecule has 0 aromatic rings. The van der Waals surface area contributed by atoms with E-state index >= 15 is 0 Å². The summed E-state index contributed by atoms with van der Waals surface area (Å²) in [7, 11) is 1.56. The van der Waals surface area contributed by atoms with E-state index < -0.39 is 18.1 Å². The summed E-state index contributed by atoms with van der Waals surface area (Å²) >= 11 is 0. The van der Waals surface area contributed by atoms with Crippen molar-refractivity contribution in [3.63, 3.8) is 0 Å². The summed E-state index contributed by atoms with van der Waals surface area (Å²) in [4.78, 5) is 21.3. The molecule has 0 aromatic carbocycles. The van der Waals surface area contributed by atoms with Crippen LogP contribution in [0.2, 0.25) is 0 Å². The summed E-state index contributed by atoms with van der Waals surface area (Å²) in [6.07, 6.45) is -1.60. The van der Waals surface area contributed by atoms with Gasteiger partial charge in [0.25, 0.3) is 0 Å². The highest BCUT2D eigenvalue weighted by Gasteiger charge is 2.13. The molecule has 17 heavy (non-hydrogen) atoms. The van der Waals surface area contributed by atoms with Crippen molar-refractivity contribution in [3.05, 3.63) is 0 Å². The molecule has 1 unspecified atom stereocenters. The van der Waals surface area contributed by atoms with Crippen LogP contribution >= 0.6 is 0 Å². The first kappa shape index (κ1) is 15.6. The van der Waals surface area contributed by atoms with E-state index in [2.05, 4.69) is 10.6 Å². The summed E-state index contributed by atoms with van der Waals surface area (Å²) in [6.45, 7) is 1.21. The maximum Gasteiger partial charge on any atom is 0.334 e. The Labute approximate surface area is 98.9 Å². The normalized spacial score (nSPS) is 11.9. The fraction of sp³-hybridized carbons (Fsp3) is 0.778. The third-order valence-electron chi connectivity index (χ3n) is 1.70. The van der Waals surface area contributed by atoms with Gasteiger partial charge < -0.3 is 30.3 Å². The second-order valence-electron chi connectivity index (χ2n) is 3.10. The van der Waals surface area contributed by atoms with Crippen LogP contribution in [0.5, 0.6) is 0 Å². The van der Waals surface area contributed by atoms with Crippen molar-refractivity contribution in [2.24, 2.45) is 0 Å². The lowest BCUT2D eigenvalue weighted by Crippen LogP contribution is -2.42. The number of carboxylic acids is 1. The Hall–Kier alpha value is -1.38. The minimum Gasteiger partial charge on any atom is -0.479 e. The summed E-state index contributed by atoms with van der Waals surface area (Å²) in [5.41, 5.74) is 0. The van der Waals surface area contributed by atoms with Crippen molar-refractivity contribution in [2.45, 2.75) is 6.10 Å². The van der Waals surface area contributed by atoms with Gasteiger partial charge in [0.05, 0.1) is 26.4 Å². The highest BCUT2D eigenvalue weighted by atomic mass is 16.5. The van der Waals surface area contributed by atoms with Gasteiger partial charge in [-0.3, -0.25) is 0 Å². The number of aliphatic hydroxyl groups is 1. The van der Waals surface area contributed by atoms with E-state index in [1.807, 2.05) is 0 Å². The monoisotopic (exact) mass is 250 g/mol. The number of hydrogen-bond acceptors (Lipinski definition) is 5. The van der Waals surface area contributed by atoms with Crippen LogP contribution < -0.4 is 10.6 Å². The second kappa shape index (κ2) is 9.82. The first-order valence-electron chi connectivity index (χ1n) is 5.07. The van der Waals surface area contributed by atoms with Crippen LogP contribution in [0.3, 0.4) is 0 Å². The van der Waals surface area contributed by atoms with Crippen LogP contribution in [-0.2, 0) is 14.3 Å². The van der Waals surface area contributed by atoms with Crippen molar-refractivity contribution in [3.8, 4) is 0 Å². The van der Waals surface area contributed by atoms with Gasteiger partial charge in [-0.25, -0.2) is 9.59 Å². The fourth-order valence-corrected chi connectivity index (χ4v) is 0.820. The number of amides is 2. The molecule has 0 fully saturated rings. The van der Waals surface area contributed by atoms with Crippen LogP contribution in [0.25, 0.3) is 0 Å². The Kier molecular flexibility index (Phi) is 9.02. The number of carboxylic acid groups (broad SMARTS) is 1. The van der Waals surface area contributed by atoms with Crippen LogP contribution in [0, 0.1) is 0 Å². The number of urea groups is 1. The third kappa shape index (κ3) is 9.54. The Morgan fingerprint density at radius 2 is 1.94 bits per heavy atom. The van der Waals surface area contributed by atoms with Gasteiger partial charge in [0.15, 0.2) is 6.10 Å². The molecular formula is C9H18N2O6. The molecule has 0 aliphatic carbocycles. The van der Waals surface area contributed by atoms with E-state index in [4.69, 9.17) is 19.7 Å². The number of nitrogens with one attached hydrogen (secondary N) is 2. The topological polar surface area (TPSA) is 117 Å². The average Bonchev–Trinajstić information content (AvgIpc) is 2.30. The minimum absolute atomic E-state index is 0.290. The van der Waals surface area contributed by atoms with Gasteiger partial charge >= 0.3 is 12.0 Å². The first-order valence-corrected chi connectivity index (χ1v) is 5.07. The van der Waals surface area contributed by atoms with E-state index in [0.29, 0.717) is 26.4 Å². The zero-order chi connectivity index (χ0) is 13.1. The Bertz CT molecular complexity index is 236. The molecule has 1 atom stereocenters. The van der Waals surface area contributed by atoms with Gasteiger partial charge in [-0.05, 0) is 0 Å². The van der Waals surface area contributed by atoms with Gasteiger partial charge in [-0.15, -0.1) is 0 Å². The summed E-state index contributed by atoms with van der Waals surface area (Å²) in [5, 5.41) is 21.8. The van der Waals surface area contributed by atoms with Gasteiger partial charge in [0.1, 0.15) is 0 Å². The van der Waals surface area contributed by atoms with Crippen LogP contribution in [-0.4, -0.2) is 68.3 Å². The summed E-state index contributed by atoms with van der Waals surface area (Å²) in [6, 6.07) is -0.555. The Balaban J connectivity index is 3.38. The van der Waals surface area contributed by atoms with E-state index in [1.54, 1.807) is 7.11 Å². The minimum atomic E-state index is -1.60. The molecule has 0 spiro atoms. The van der Waals surface area contributed by atoms with E-state index in [-0.39, 0.29) is 6.54 Å². The maximum absolute atomic E-state index is 11.1. The van der Waals surface area contributed by atoms with Crippen molar-refractivity contribution < 1.29 is 29.3 Å². The molecule has 0 heterocycles. The lowest BCUT2D eigenvalue weighted by Gasteiger charge is -2.09. The Morgan fingerprint density at radius 3 is 2.53 bits per heavy atom. The third-order valence-corrected chi connectivity index (χ3v) is 1.70. The quantitative estimate of drug-likeness (QED) is 0.366. The fourth-order valence-electron chi connectivity index (χ4n) is 0.820. The van der Waals surface area contributed by atoms with Crippen LogP contribution in [0.15, 0.2) is 0 Å². The molecule has 2 amide bonds. The summed E-state index contributed by atoms with van der Waals surface area (Å²) < 4.78 is 9.83. The molecule has 0 saturated carbocycles. The lowest BCUT2D eigenvalue weighted by molar-refractivity contribution is -0.146. The zero-order valence-electron chi connectivity index (χ0n) is 9.64. The molecule has 4 N–H and O–H groups in total. The highest BCUT2D eigenvalue weighted by molar-refractivity contribution is 5.76. The number of hydrogen-bond donors (Lipinski definition) is 4. The number of carbonyl (C=O) groups is 2. The van der Waals surface area contributed by atoms with Crippen molar-refractivity contribution in [2.75, 3.05) is 40.0 Å². The van der Waals surface area contributed by atoms with Crippen LogP contribution in [0.1, 0.15) is 0 Å². The van der Waals surface area contributed by atoms with Gasteiger partial charge in [0.2, 0.25) is 0 Å². The van der Waals surface area contributed by atoms with E-state index in [1.165, 1.54) is 0 Å². The zero-order valence-corrected chi connectivity index (χ0v) is 9.64. The SMILES string of the molecule is COCCOCCNC(=O)NCC(O)C(=O)O. The van der Waals surface area contributed by atoms with Gasteiger partial charge in [0, 0.05) is 13.7 Å². The molecule has 0 aliphatic rings. The lowest BCUT2D eigenvalue weighted by atomic mass is 10.4. The molecule has 0 bridgehead atoms. The molecule has 8 heteroatoms. The van der Waals surface area contributed by atoms with E-state index in [0.717, 1.165) is 0 Å². The highest BCUT2D eigenvalue weighted by Crippen LogP contribution is 1.80. The average molecular weight is 250 g/mol. The number of carbonyl (C=O) groups excluding carboxylic acids is 1. The Morgan fingerprint density at radius 1 is 1.24 bits per heavy atom. The van der Waals surface area contributed by atoms with E-state index in [9.17, 15) is 9.59 Å². The molecule has 0 radical (unpaired) electrons. The van der Waals surface area contributed by atoms with Crippen molar-refractivity contribution in [1.82, 2.24) is 10.6 Å². The molecular weight excluding hydrogens is 232 g/mol. The van der Waals surface area contributed by atoms with Crippen LogP contribution in [0.4, 0.5) is 4.79 Å². The molecule has 0 aliphatic heterocycles. The smallest absolute Gasteiger partial charge is 0.334 e. The molecule has 0 aromatic heterocycles. The maximum atomic E-state index is 11.1. The van der Waals surface area contributed by atoms with Gasteiger partial charge in [-0.2, -0.15) is 0 Å². The molecule has 100 valence electrons. The standard InChI is InChI=1S/C9H18N2O6/c1-16-4-5-17-3-2-10-9(15)11-6-7(12)8(13)14/h7,12H,2-6H2,1H3,(H,13,14)(H2,10,11,15). The molecule has 0 saturated heterocycles. The number of ether oxygens (including phenoxy) is 2. The number of rotatable bonds is 9.